The van der Waals surface area contributed by atoms with Gasteiger partial charge in [0.1, 0.15) is 0 Å². The van der Waals surface area contributed by atoms with Crippen LogP contribution in [0, 0.1) is 0 Å². The summed E-state index contributed by atoms with van der Waals surface area (Å²) < 4.78 is -2.30. The SMILES string of the molecule is CNC(Br)(NC)C(Cl)(Cl)Cl. The maximum Gasteiger partial charge on any atom is 0.231 e. The Morgan fingerprint density at radius 1 is 1.10 bits per heavy atom. The molecule has 0 saturated heterocycles. The van der Waals surface area contributed by atoms with Gasteiger partial charge in [-0.15, -0.1) is 0 Å². The average Bonchev–Trinajstić information content (AvgIpc) is 1.84. The van der Waals surface area contributed by atoms with Gasteiger partial charge in [0, 0.05) is 0 Å². The maximum atomic E-state index is 5.60. The summed E-state index contributed by atoms with van der Waals surface area (Å²) in [5, 5.41) is 5.56. The first kappa shape index (κ1) is 11.3. The van der Waals surface area contributed by atoms with Crippen LogP contribution in [0.25, 0.3) is 0 Å². The average molecular weight is 270 g/mol. The number of hydrogen-bond donors (Lipinski definition) is 2. The lowest BCUT2D eigenvalue weighted by molar-refractivity contribution is 0.462. The van der Waals surface area contributed by atoms with Crippen molar-refractivity contribution in [2.45, 2.75) is 8.36 Å². The van der Waals surface area contributed by atoms with Crippen molar-refractivity contribution in [2.75, 3.05) is 14.1 Å². The zero-order valence-electron chi connectivity index (χ0n) is 5.51. The van der Waals surface area contributed by atoms with E-state index < -0.39 is 8.36 Å². The van der Waals surface area contributed by atoms with Gasteiger partial charge in [-0.05, 0) is 30.0 Å². The van der Waals surface area contributed by atoms with Gasteiger partial charge in [0.2, 0.25) is 3.79 Å². The van der Waals surface area contributed by atoms with Crippen molar-refractivity contribution in [3.8, 4) is 0 Å². The van der Waals surface area contributed by atoms with Crippen LogP contribution in [0.3, 0.4) is 0 Å². The lowest BCUT2D eigenvalue weighted by Crippen LogP contribution is -2.57. The highest BCUT2D eigenvalue weighted by Gasteiger charge is 2.44. The van der Waals surface area contributed by atoms with Gasteiger partial charge < -0.3 is 0 Å². The maximum absolute atomic E-state index is 5.60. The summed E-state index contributed by atoms with van der Waals surface area (Å²) >= 11 is 20.0. The van der Waals surface area contributed by atoms with Crippen LogP contribution in [-0.4, -0.2) is 22.5 Å². The van der Waals surface area contributed by atoms with Gasteiger partial charge in [-0.3, -0.25) is 10.6 Å². The minimum atomic E-state index is -1.43. The summed E-state index contributed by atoms with van der Waals surface area (Å²) in [7, 11) is 3.35. The van der Waals surface area contributed by atoms with E-state index in [0.29, 0.717) is 0 Å². The van der Waals surface area contributed by atoms with Crippen LogP contribution < -0.4 is 10.6 Å². The van der Waals surface area contributed by atoms with Gasteiger partial charge in [0.25, 0.3) is 0 Å². The first-order valence-electron chi connectivity index (χ1n) is 2.51. The standard InChI is InChI=1S/C4H8BrCl3N2/c1-9-3(5,10-2)4(6,7)8/h9-10H,1-2H3. The quantitative estimate of drug-likeness (QED) is 0.454. The molecule has 0 fully saturated rings. The molecular weight excluding hydrogens is 262 g/mol. The molecule has 0 rings (SSSR count). The molecule has 0 aliphatic heterocycles. The van der Waals surface area contributed by atoms with E-state index in [1.165, 1.54) is 0 Å². The van der Waals surface area contributed by atoms with E-state index in [-0.39, 0.29) is 0 Å². The number of rotatable bonds is 2. The summed E-state index contributed by atoms with van der Waals surface area (Å²) in [5.74, 6) is 0. The molecule has 0 aromatic rings. The third-order valence-corrected chi connectivity index (χ3v) is 4.00. The van der Waals surface area contributed by atoms with E-state index in [0.717, 1.165) is 0 Å². The van der Waals surface area contributed by atoms with Crippen molar-refractivity contribution < 1.29 is 0 Å². The highest BCUT2D eigenvalue weighted by atomic mass is 79.9. The number of halogens is 4. The molecule has 0 heterocycles. The molecule has 10 heavy (non-hydrogen) atoms. The normalized spacial score (nSPS) is 13.8. The molecule has 0 bridgehead atoms. The monoisotopic (exact) mass is 268 g/mol. The molecule has 0 atom stereocenters. The summed E-state index contributed by atoms with van der Waals surface area (Å²) in [6.45, 7) is 0. The van der Waals surface area contributed by atoms with E-state index >= 15 is 0 Å². The Labute approximate surface area is 83.7 Å². The number of alkyl halides is 4. The highest BCUT2D eigenvalue weighted by molar-refractivity contribution is 9.10. The Bertz CT molecular complexity index is 110. The fourth-order valence-corrected chi connectivity index (χ4v) is 0.975. The van der Waals surface area contributed by atoms with Gasteiger partial charge in [-0.1, -0.05) is 34.8 Å². The lowest BCUT2D eigenvalue weighted by atomic mass is 10.5. The predicted molar refractivity (Wildman–Crippen MR) is 50.1 cm³/mol. The second-order valence-corrected chi connectivity index (χ2v) is 5.13. The van der Waals surface area contributed by atoms with Crippen LogP contribution in [0.15, 0.2) is 0 Å². The first-order valence-corrected chi connectivity index (χ1v) is 4.43. The van der Waals surface area contributed by atoms with Gasteiger partial charge >= 0.3 is 0 Å². The molecule has 0 aliphatic rings. The van der Waals surface area contributed by atoms with E-state index in [1.54, 1.807) is 14.1 Å². The molecule has 0 saturated carbocycles. The molecule has 2 nitrogen and oxygen atoms in total. The zero-order chi connectivity index (χ0) is 8.41. The Kier molecular flexibility index (Phi) is 4.27. The predicted octanol–water partition coefficient (Wildman–Crippen LogP) is 1.84. The molecular formula is C4H8BrCl3N2. The van der Waals surface area contributed by atoms with Gasteiger partial charge in [-0.2, -0.15) is 0 Å². The first-order chi connectivity index (χ1) is 4.37. The molecule has 0 unspecified atom stereocenters. The van der Waals surface area contributed by atoms with Crippen LogP contribution >= 0.6 is 50.7 Å². The Balaban J connectivity index is 4.33. The van der Waals surface area contributed by atoms with Crippen LogP contribution in [0.2, 0.25) is 0 Å². The van der Waals surface area contributed by atoms with Crippen LogP contribution in [0.1, 0.15) is 0 Å². The van der Waals surface area contributed by atoms with Gasteiger partial charge in [0.15, 0.2) is 4.57 Å². The molecule has 62 valence electrons. The van der Waals surface area contributed by atoms with Gasteiger partial charge in [0.05, 0.1) is 0 Å². The summed E-state index contributed by atoms with van der Waals surface area (Å²) in [6.07, 6.45) is 0. The van der Waals surface area contributed by atoms with E-state index in [4.69, 9.17) is 34.8 Å². The zero-order valence-corrected chi connectivity index (χ0v) is 9.37. The van der Waals surface area contributed by atoms with E-state index in [9.17, 15) is 0 Å². The number of nitrogens with one attached hydrogen (secondary N) is 2. The Morgan fingerprint density at radius 3 is 1.40 bits per heavy atom. The Morgan fingerprint density at radius 2 is 1.40 bits per heavy atom. The topological polar surface area (TPSA) is 24.1 Å². The van der Waals surface area contributed by atoms with Crippen LogP contribution in [0.5, 0.6) is 0 Å². The second-order valence-electron chi connectivity index (χ2n) is 1.66. The third-order valence-electron chi connectivity index (χ3n) is 1.08. The van der Waals surface area contributed by atoms with Crippen LogP contribution in [-0.2, 0) is 0 Å². The van der Waals surface area contributed by atoms with Crippen LogP contribution in [0.4, 0.5) is 0 Å². The van der Waals surface area contributed by atoms with Crippen molar-refractivity contribution in [1.82, 2.24) is 10.6 Å². The minimum absolute atomic E-state index is 0.870. The molecule has 0 radical (unpaired) electrons. The largest absolute Gasteiger partial charge is 0.290 e. The molecule has 0 aromatic carbocycles. The second kappa shape index (κ2) is 3.78. The summed E-state index contributed by atoms with van der Waals surface area (Å²) in [6, 6.07) is 0. The van der Waals surface area contributed by atoms with E-state index in [2.05, 4.69) is 26.6 Å². The molecule has 2 N–H and O–H groups in total. The fraction of sp³-hybridized carbons (Fsp3) is 1.00. The molecule has 0 spiro atoms. The third kappa shape index (κ3) is 2.40. The van der Waals surface area contributed by atoms with Gasteiger partial charge in [-0.25, -0.2) is 0 Å². The molecule has 0 amide bonds. The summed E-state index contributed by atoms with van der Waals surface area (Å²) in [4.78, 5) is 0. The van der Waals surface area contributed by atoms with Crippen molar-refractivity contribution in [2.24, 2.45) is 0 Å². The highest BCUT2D eigenvalue weighted by Crippen LogP contribution is 2.39. The van der Waals surface area contributed by atoms with Crippen molar-refractivity contribution in [3.63, 3.8) is 0 Å². The van der Waals surface area contributed by atoms with Crippen molar-refractivity contribution in [1.29, 1.82) is 0 Å². The molecule has 6 heteroatoms. The smallest absolute Gasteiger partial charge is 0.231 e. The Hall–Kier alpha value is 1.27. The number of hydrogen-bond acceptors (Lipinski definition) is 2. The fourth-order valence-electron chi connectivity index (χ4n) is 0.408. The van der Waals surface area contributed by atoms with Crippen molar-refractivity contribution >= 4 is 50.7 Å². The lowest BCUT2D eigenvalue weighted by Gasteiger charge is -2.33. The molecule has 0 aliphatic carbocycles. The van der Waals surface area contributed by atoms with E-state index in [1.807, 2.05) is 0 Å². The summed E-state index contributed by atoms with van der Waals surface area (Å²) in [5.41, 5.74) is 0. The minimum Gasteiger partial charge on any atom is -0.290 e. The molecule has 0 aromatic heterocycles. The van der Waals surface area contributed by atoms with Crippen molar-refractivity contribution in [3.05, 3.63) is 0 Å².